The lowest BCUT2D eigenvalue weighted by Crippen LogP contribution is -2.25. The van der Waals surface area contributed by atoms with Crippen molar-refractivity contribution in [1.82, 2.24) is 4.98 Å². The second-order valence-electron chi connectivity index (χ2n) is 2.87. The second kappa shape index (κ2) is 3.70. The Balaban J connectivity index is 3.65. The highest BCUT2D eigenvalue weighted by Crippen LogP contribution is 2.18. The number of nitrogens with one attached hydrogen (secondary N) is 1. The fourth-order valence-electron chi connectivity index (χ4n) is 1.09. The summed E-state index contributed by atoms with van der Waals surface area (Å²) in [6.07, 6.45) is -2.24. The Hall–Kier alpha value is -1.28. The first-order valence-electron chi connectivity index (χ1n) is 3.78. The van der Waals surface area contributed by atoms with E-state index in [0.29, 0.717) is 0 Å². The van der Waals surface area contributed by atoms with Gasteiger partial charge in [0, 0.05) is 11.9 Å². The van der Waals surface area contributed by atoms with Crippen molar-refractivity contribution in [3.05, 3.63) is 27.7 Å². The molecule has 0 amide bonds. The standard InChI is InChI=1S/C7H8F2N2O3S/c1-3-5(7(8)9)6(12)4(2-11-3)15(10,13)14/h2,7H,1H3,(H,11,12)(H2,10,13,14). The molecule has 0 bridgehead atoms. The lowest BCUT2D eigenvalue weighted by molar-refractivity contribution is 0.148. The van der Waals surface area contributed by atoms with Crippen LogP contribution in [0.3, 0.4) is 0 Å². The van der Waals surface area contributed by atoms with E-state index in [1.807, 2.05) is 0 Å². The van der Waals surface area contributed by atoms with Crippen LogP contribution in [0.2, 0.25) is 0 Å². The number of H-pyrrole nitrogens is 1. The highest BCUT2D eigenvalue weighted by molar-refractivity contribution is 7.89. The van der Waals surface area contributed by atoms with Crippen LogP contribution in [0.15, 0.2) is 15.9 Å². The first-order chi connectivity index (χ1) is 6.75. The van der Waals surface area contributed by atoms with E-state index >= 15 is 0 Å². The van der Waals surface area contributed by atoms with Crippen molar-refractivity contribution < 1.29 is 17.2 Å². The maximum absolute atomic E-state index is 12.4. The van der Waals surface area contributed by atoms with Crippen molar-refractivity contribution in [2.24, 2.45) is 5.14 Å². The molecule has 1 aromatic heterocycles. The monoisotopic (exact) mass is 238 g/mol. The Kier molecular flexibility index (Phi) is 2.91. The minimum atomic E-state index is -4.28. The molecule has 0 atom stereocenters. The summed E-state index contributed by atoms with van der Waals surface area (Å²) < 4.78 is 46.5. The lowest BCUT2D eigenvalue weighted by atomic mass is 10.2. The van der Waals surface area contributed by atoms with E-state index in [9.17, 15) is 22.0 Å². The zero-order valence-electron chi connectivity index (χ0n) is 7.62. The summed E-state index contributed by atoms with van der Waals surface area (Å²) in [6, 6.07) is 0. The third-order valence-corrected chi connectivity index (χ3v) is 2.73. The van der Waals surface area contributed by atoms with Gasteiger partial charge in [0.05, 0.1) is 5.56 Å². The van der Waals surface area contributed by atoms with Crippen molar-refractivity contribution in [2.45, 2.75) is 18.2 Å². The van der Waals surface area contributed by atoms with Crippen LogP contribution in [0.5, 0.6) is 0 Å². The normalized spacial score (nSPS) is 12.1. The fraction of sp³-hybridized carbons (Fsp3) is 0.286. The smallest absolute Gasteiger partial charge is 0.269 e. The van der Waals surface area contributed by atoms with Crippen LogP contribution in [0.1, 0.15) is 17.7 Å². The van der Waals surface area contributed by atoms with Gasteiger partial charge in [-0.05, 0) is 6.92 Å². The van der Waals surface area contributed by atoms with Gasteiger partial charge in [-0.3, -0.25) is 4.79 Å². The van der Waals surface area contributed by atoms with Crippen molar-refractivity contribution in [3.8, 4) is 0 Å². The minimum Gasteiger partial charge on any atom is -0.363 e. The van der Waals surface area contributed by atoms with Crippen molar-refractivity contribution >= 4 is 10.0 Å². The van der Waals surface area contributed by atoms with E-state index in [1.54, 1.807) is 0 Å². The molecule has 84 valence electrons. The maximum Gasteiger partial charge on any atom is 0.269 e. The number of alkyl halides is 2. The van der Waals surface area contributed by atoms with E-state index in [-0.39, 0.29) is 5.69 Å². The van der Waals surface area contributed by atoms with E-state index in [4.69, 9.17) is 0 Å². The van der Waals surface area contributed by atoms with Crippen LogP contribution in [0, 0.1) is 6.92 Å². The molecule has 0 saturated carbocycles. The first-order valence-corrected chi connectivity index (χ1v) is 5.33. The van der Waals surface area contributed by atoms with Gasteiger partial charge < -0.3 is 4.98 Å². The molecule has 0 aliphatic rings. The molecule has 0 unspecified atom stereocenters. The quantitative estimate of drug-likeness (QED) is 0.774. The number of aromatic nitrogens is 1. The Morgan fingerprint density at radius 1 is 1.47 bits per heavy atom. The van der Waals surface area contributed by atoms with Gasteiger partial charge in [0.25, 0.3) is 6.43 Å². The summed E-state index contributed by atoms with van der Waals surface area (Å²) in [5.74, 6) is 0. The molecule has 5 nitrogen and oxygen atoms in total. The minimum absolute atomic E-state index is 0.0811. The van der Waals surface area contributed by atoms with E-state index in [1.165, 1.54) is 6.92 Å². The highest BCUT2D eigenvalue weighted by Gasteiger charge is 2.22. The van der Waals surface area contributed by atoms with Gasteiger partial charge in [0.1, 0.15) is 4.90 Å². The van der Waals surface area contributed by atoms with Crippen LogP contribution in [-0.2, 0) is 10.0 Å². The number of hydrogen-bond donors (Lipinski definition) is 2. The van der Waals surface area contributed by atoms with Crippen LogP contribution >= 0.6 is 0 Å². The Bertz CT molecular complexity index is 536. The van der Waals surface area contributed by atoms with E-state index < -0.39 is 32.3 Å². The molecule has 0 spiro atoms. The molecule has 1 rings (SSSR count). The number of hydrogen-bond acceptors (Lipinski definition) is 3. The number of aryl methyl sites for hydroxylation is 1. The predicted molar refractivity (Wildman–Crippen MR) is 48.1 cm³/mol. The molecule has 1 heterocycles. The zero-order chi connectivity index (χ0) is 11.8. The average molecular weight is 238 g/mol. The molecular weight excluding hydrogens is 230 g/mol. The number of pyridine rings is 1. The first kappa shape index (κ1) is 11.8. The number of sulfonamides is 1. The van der Waals surface area contributed by atoms with E-state index in [0.717, 1.165) is 6.20 Å². The van der Waals surface area contributed by atoms with Crippen molar-refractivity contribution in [3.63, 3.8) is 0 Å². The van der Waals surface area contributed by atoms with Gasteiger partial charge >= 0.3 is 0 Å². The molecule has 0 radical (unpaired) electrons. The summed E-state index contributed by atoms with van der Waals surface area (Å²) in [7, 11) is -4.28. The summed E-state index contributed by atoms with van der Waals surface area (Å²) in [5.41, 5.74) is -2.22. The van der Waals surface area contributed by atoms with Crippen LogP contribution < -0.4 is 10.6 Å². The summed E-state index contributed by atoms with van der Waals surface area (Å²) in [5, 5.41) is 4.68. The molecule has 1 aromatic rings. The van der Waals surface area contributed by atoms with E-state index in [2.05, 4.69) is 10.1 Å². The third kappa shape index (κ3) is 2.21. The molecule has 0 saturated heterocycles. The Labute approximate surface area is 84.0 Å². The Morgan fingerprint density at radius 2 is 2.00 bits per heavy atom. The molecule has 8 heteroatoms. The topological polar surface area (TPSA) is 93.0 Å². The zero-order valence-corrected chi connectivity index (χ0v) is 8.44. The molecule has 15 heavy (non-hydrogen) atoms. The van der Waals surface area contributed by atoms with Gasteiger partial charge in [-0.25, -0.2) is 22.3 Å². The summed E-state index contributed by atoms with van der Waals surface area (Å²) >= 11 is 0. The molecule has 0 aliphatic carbocycles. The van der Waals surface area contributed by atoms with Crippen molar-refractivity contribution in [1.29, 1.82) is 0 Å². The molecular formula is C7H8F2N2O3S. The van der Waals surface area contributed by atoms with Crippen LogP contribution in [0.25, 0.3) is 0 Å². The number of halogens is 2. The van der Waals surface area contributed by atoms with Crippen molar-refractivity contribution in [2.75, 3.05) is 0 Å². The van der Waals surface area contributed by atoms with Gasteiger partial charge in [-0.2, -0.15) is 0 Å². The summed E-state index contributed by atoms with van der Waals surface area (Å²) in [6.45, 7) is 1.25. The number of aromatic amines is 1. The lowest BCUT2D eigenvalue weighted by Gasteiger charge is -2.05. The molecule has 0 fully saturated rings. The fourth-order valence-corrected chi connectivity index (χ4v) is 1.69. The van der Waals surface area contributed by atoms with Gasteiger partial charge in [0.15, 0.2) is 0 Å². The number of primary sulfonamides is 1. The van der Waals surface area contributed by atoms with Gasteiger partial charge in [-0.1, -0.05) is 0 Å². The number of rotatable bonds is 2. The number of nitrogens with two attached hydrogens (primary N) is 1. The largest absolute Gasteiger partial charge is 0.363 e. The average Bonchev–Trinajstić information content (AvgIpc) is 2.00. The molecule has 0 aromatic carbocycles. The van der Waals surface area contributed by atoms with Crippen LogP contribution in [-0.4, -0.2) is 13.4 Å². The Morgan fingerprint density at radius 3 is 2.40 bits per heavy atom. The highest BCUT2D eigenvalue weighted by atomic mass is 32.2. The maximum atomic E-state index is 12.4. The molecule has 3 N–H and O–H groups in total. The summed E-state index contributed by atoms with van der Waals surface area (Å²) in [4.78, 5) is 12.7. The second-order valence-corrected chi connectivity index (χ2v) is 4.40. The predicted octanol–water partition coefficient (Wildman–Crippen LogP) is 0.268. The third-order valence-electron chi connectivity index (χ3n) is 1.82. The molecule has 0 aliphatic heterocycles. The van der Waals surface area contributed by atoms with Gasteiger partial charge in [-0.15, -0.1) is 0 Å². The van der Waals surface area contributed by atoms with Gasteiger partial charge in [0.2, 0.25) is 15.5 Å². The SMILES string of the molecule is Cc1[nH]cc(S(N)(=O)=O)c(=O)c1C(F)F. The van der Waals surface area contributed by atoms with Crippen LogP contribution in [0.4, 0.5) is 8.78 Å².